The molecule has 3 rings (SSSR count). The summed E-state index contributed by atoms with van der Waals surface area (Å²) < 4.78 is 15.0. The standard InChI is InChI=1S/C17H21FN4OS/c1-24-17-21-20-15(22(17)14-8-6-13(18)7-9-14)11-19-16(23)10-12-4-2-3-5-12/h6-9,12H,2-5,10-11H2,1H3,(H,19,23). The maximum absolute atomic E-state index is 13.2. The molecule has 0 unspecified atom stereocenters. The van der Waals surface area contributed by atoms with Crippen molar-refractivity contribution < 1.29 is 9.18 Å². The first-order valence-electron chi connectivity index (χ1n) is 8.18. The van der Waals surface area contributed by atoms with Gasteiger partial charge < -0.3 is 5.32 Å². The third-order valence-corrected chi connectivity index (χ3v) is 4.99. The third-order valence-electron chi connectivity index (χ3n) is 4.36. The zero-order valence-electron chi connectivity index (χ0n) is 13.7. The Morgan fingerprint density at radius 2 is 2.00 bits per heavy atom. The monoisotopic (exact) mass is 348 g/mol. The highest BCUT2D eigenvalue weighted by Gasteiger charge is 2.19. The van der Waals surface area contributed by atoms with Crippen molar-refractivity contribution in [3.63, 3.8) is 0 Å². The maximum Gasteiger partial charge on any atom is 0.220 e. The highest BCUT2D eigenvalue weighted by Crippen LogP contribution is 2.27. The van der Waals surface area contributed by atoms with Crippen LogP contribution >= 0.6 is 11.8 Å². The van der Waals surface area contributed by atoms with E-state index in [-0.39, 0.29) is 11.7 Å². The number of carbonyl (C=O) groups is 1. The fourth-order valence-electron chi connectivity index (χ4n) is 3.12. The van der Waals surface area contributed by atoms with Crippen molar-refractivity contribution in [1.29, 1.82) is 0 Å². The second kappa shape index (κ2) is 7.79. The van der Waals surface area contributed by atoms with Crippen LogP contribution in [0.3, 0.4) is 0 Å². The van der Waals surface area contributed by atoms with Crippen molar-refractivity contribution >= 4 is 17.7 Å². The minimum Gasteiger partial charge on any atom is -0.349 e. The molecular formula is C17H21FN4OS. The molecule has 0 saturated heterocycles. The molecule has 2 aromatic rings. The van der Waals surface area contributed by atoms with Gasteiger partial charge in [-0.2, -0.15) is 0 Å². The molecule has 0 radical (unpaired) electrons. The summed E-state index contributed by atoms with van der Waals surface area (Å²) in [6.07, 6.45) is 7.25. The van der Waals surface area contributed by atoms with E-state index in [1.165, 1.54) is 36.7 Å². The molecule has 0 spiro atoms. The molecule has 1 aliphatic rings. The van der Waals surface area contributed by atoms with Gasteiger partial charge in [0.2, 0.25) is 5.91 Å². The molecule has 1 saturated carbocycles. The Hall–Kier alpha value is -1.89. The van der Waals surface area contributed by atoms with E-state index in [0.717, 1.165) is 18.5 Å². The van der Waals surface area contributed by atoms with E-state index in [1.54, 1.807) is 12.1 Å². The van der Waals surface area contributed by atoms with Crippen molar-refractivity contribution in [2.75, 3.05) is 6.26 Å². The normalized spacial score (nSPS) is 14.9. The van der Waals surface area contributed by atoms with Crippen LogP contribution in [0, 0.1) is 11.7 Å². The minimum atomic E-state index is -0.288. The first kappa shape index (κ1) is 17.0. The lowest BCUT2D eigenvalue weighted by Gasteiger charge is -2.11. The van der Waals surface area contributed by atoms with Crippen molar-refractivity contribution in [2.24, 2.45) is 5.92 Å². The number of aromatic nitrogens is 3. The molecule has 5 nitrogen and oxygen atoms in total. The second-order valence-electron chi connectivity index (χ2n) is 6.05. The van der Waals surface area contributed by atoms with Gasteiger partial charge >= 0.3 is 0 Å². The largest absolute Gasteiger partial charge is 0.349 e. The molecule has 1 aromatic heterocycles. The molecule has 1 fully saturated rings. The Kier molecular flexibility index (Phi) is 5.50. The van der Waals surface area contributed by atoms with Crippen LogP contribution in [0.25, 0.3) is 5.69 Å². The summed E-state index contributed by atoms with van der Waals surface area (Å²) in [6, 6.07) is 6.17. The van der Waals surface area contributed by atoms with E-state index in [1.807, 2.05) is 10.8 Å². The van der Waals surface area contributed by atoms with Gasteiger partial charge in [-0.1, -0.05) is 24.6 Å². The van der Waals surface area contributed by atoms with Gasteiger partial charge in [-0.05, 0) is 49.3 Å². The van der Waals surface area contributed by atoms with Crippen LogP contribution in [0.4, 0.5) is 4.39 Å². The molecule has 128 valence electrons. The van der Waals surface area contributed by atoms with Gasteiger partial charge in [0.15, 0.2) is 11.0 Å². The number of benzene rings is 1. The lowest BCUT2D eigenvalue weighted by atomic mass is 10.0. The van der Waals surface area contributed by atoms with Crippen LogP contribution in [0.5, 0.6) is 0 Å². The smallest absolute Gasteiger partial charge is 0.220 e. The van der Waals surface area contributed by atoms with E-state index in [2.05, 4.69) is 15.5 Å². The summed E-state index contributed by atoms with van der Waals surface area (Å²) in [7, 11) is 0. The Bertz CT molecular complexity index is 695. The van der Waals surface area contributed by atoms with Crippen molar-refractivity contribution in [1.82, 2.24) is 20.1 Å². The molecule has 1 aliphatic carbocycles. The number of carbonyl (C=O) groups excluding carboxylic acids is 1. The summed E-state index contributed by atoms with van der Waals surface area (Å²) >= 11 is 1.46. The molecule has 1 amide bonds. The second-order valence-corrected chi connectivity index (χ2v) is 6.82. The average Bonchev–Trinajstić information content (AvgIpc) is 3.23. The maximum atomic E-state index is 13.2. The first-order chi connectivity index (χ1) is 11.7. The van der Waals surface area contributed by atoms with Crippen LogP contribution < -0.4 is 5.32 Å². The van der Waals surface area contributed by atoms with Gasteiger partial charge in [-0.3, -0.25) is 9.36 Å². The summed E-state index contributed by atoms with van der Waals surface area (Å²) in [6.45, 7) is 0.316. The Morgan fingerprint density at radius 1 is 1.29 bits per heavy atom. The molecular weight excluding hydrogens is 327 g/mol. The Balaban J connectivity index is 1.70. The SMILES string of the molecule is CSc1nnc(CNC(=O)CC2CCCC2)n1-c1ccc(F)cc1. The van der Waals surface area contributed by atoms with E-state index < -0.39 is 0 Å². The van der Waals surface area contributed by atoms with Crippen LogP contribution in [-0.2, 0) is 11.3 Å². The summed E-state index contributed by atoms with van der Waals surface area (Å²) in [4.78, 5) is 12.1. The van der Waals surface area contributed by atoms with Gasteiger partial charge in [0.05, 0.1) is 6.54 Å². The molecule has 1 heterocycles. The summed E-state index contributed by atoms with van der Waals surface area (Å²) in [5.74, 6) is 0.928. The number of nitrogens with one attached hydrogen (secondary N) is 1. The summed E-state index contributed by atoms with van der Waals surface area (Å²) in [5.41, 5.74) is 0.783. The van der Waals surface area contributed by atoms with Crippen LogP contribution in [-0.4, -0.2) is 26.9 Å². The van der Waals surface area contributed by atoms with Crippen molar-refractivity contribution in [3.8, 4) is 5.69 Å². The van der Waals surface area contributed by atoms with Crippen LogP contribution in [0.1, 0.15) is 37.9 Å². The van der Waals surface area contributed by atoms with Crippen LogP contribution in [0.15, 0.2) is 29.4 Å². The topological polar surface area (TPSA) is 59.8 Å². The fourth-order valence-corrected chi connectivity index (χ4v) is 3.64. The lowest BCUT2D eigenvalue weighted by Crippen LogP contribution is -2.26. The molecule has 0 aliphatic heterocycles. The van der Waals surface area contributed by atoms with E-state index in [9.17, 15) is 9.18 Å². The highest BCUT2D eigenvalue weighted by atomic mass is 32.2. The van der Waals surface area contributed by atoms with Crippen LogP contribution in [0.2, 0.25) is 0 Å². The lowest BCUT2D eigenvalue weighted by molar-refractivity contribution is -0.122. The van der Waals surface area contributed by atoms with Gasteiger partial charge in [0, 0.05) is 12.1 Å². The van der Waals surface area contributed by atoms with Gasteiger partial charge in [0.25, 0.3) is 0 Å². The quantitative estimate of drug-likeness (QED) is 0.814. The fraction of sp³-hybridized carbons (Fsp3) is 0.471. The molecule has 24 heavy (non-hydrogen) atoms. The van der Waals surface area contributed by atoms with Crippen molar-refractivity contribution in [2.45, 2.75) is 43.8 Å². The number of nitrogens with zero attached hydrogens (tertiary/aromatic N) is 3. The highest BCUT2D eigenvalue weighted by molar-refractivity contribution is 7.98. The van der Waals surface area contributed by atoms with E-state index >= 15 is 0 Å². The number of thioether (sulfide) groups is 1. The third kappa shape index (κ3) is 3.95. The molecule has 7 heteroatoms. The van der Waals surface area contributed by atoms with E-state index in [0.29, 0.717) is 29.9 Å². The molecule has 1 aromatic carbocycles. The molecule has 0 atom stereocenters. The molecule has 1 N–H and O–H groups in total. The number of hydrogen-bond donors (Lipinski definition) is 1. The van der Waals surface area contributed by atoms with Gasteiger partial charge in [-0.25, -0.2) is 4.39 Å². The van der Waals surface area contributed by atoms with E-state index in [4.69, 9.17) is 0 Å². The van der Waals surface area contributed by atoms with Gasteiger partial charge in [-0.15, -0.1) is 10.2 Å². The zero-order chi connectivity index (χ0) is 16.9. The molecule has 0 bridgehead atoms. The summed E-state index contributed by atoms with van der Waals surface area (Å²) in [5, 5.41) is 12.0. The number of hydrogen-bond acceptors (Lipinski definition) is 4. The minimum absolute atomic E-state index is 0.0567. The zero-order valence-corrected chi connectivity index (χ0v) is 14.5. The Morgan fingerprint density at radius 3 is 2.67 bits per heavy atom. The predicted molar refractivity (Wildman–Crippen MR) is 91.5 cm³/mol. The number of rotatable bonds is 6. The Labute approximate surface area is 145 Å². The number of halogens is 1. The number of amides is 1. The predicted octanol–water partition coefficient (Wildman–Crippen LogP) is 3.32. The van der Waals surface area contributed by atoms with Crippen molar-refractivity contribution in [3.05, 3.63) is 35.9 Å². The van der Waals surface area contributed by atoms with Gasteiger partial charge in [0.1, 0.15) is 5.82 Å². The first-order valence-corrected chi connectivity index (χ1v) is 9.41. The average molecular weight is 348 g/mol.